The zero-order valence-electron chi connectivity index (χ0n) is 18.5. The number of rotatable bonds is 8. The normalized spacial score (nSPS) is 13.1. The molecule has 186 valence electrons. The van der Waals surface area contributed by atoms with Gasteiger partial charge in [0.25, 0.3) is 0 Å². The maximum absolute atomic E-state index is 14.9. The van der Waals surface area contributed by atoms with E-state index in [4.69, 9.17) is 4.74 Å². The molecule has 11 nitrogen and oxygen atoms in total. The smallest absolute Gasteiger partial charge is 0.326 e. The van der Waals surface area contributed by atoms with Crippen LogP contribution < -0.4 is 10.4 Å². The second-order valence-electron chi connectivity index (χ2n) is 7.66. The largest absolute Gasteiger partial charge is 0.770 e. The van der Waals surface area contributed by atoms with Gasteiger partial charge in [0.05, 0.1) is 35.8 Å². The standard InChI is InChI=1S/C21H20F2N5O6S/c1-3-4-18(29)28(31)35(32,33)11-7-14(22)13(15(23)8-11)10-27-19-12-5-6-17(34-2)26-20(12)24-9-16(19)25-21(27)30/h5-9,18,29H,3-4,10H2,1-2H3,(H,25,30)/q-1. The summed E-state index contributed by atoms with van der Waals surface area (Å²) in [5.41, 5.74) is -0.493. The molecule has 0 saturated heterocycles. The molecule has 3 heterocycles. The number of nitrogens with zero attached hydrogens (tertiary/aromatic N) is 4. The van der Waals surface area contributed by atoms with Crippen molar-refractivity contribution in [1.29, 1.82) is 0 Å². The van der Waals surface area contributed by atoms with E-state index in [0.717, 1.165) is 4.57 Å². The lowest BCUT2D eigenvalue weighted by atomic mass is 10.2. The average Bonchev–Trinajstić information content (AvgIpc) is 3.15. The highest BCUT2D eigenvalue weighted by Gasteiger charge is 2.26. The number of methoxy groups -OCH3 is 1. The number of sulfonamides is 1. The van der Waals surface area contributed by atoms with Crippen LogP contribution in [0.4, 0.5) is 8.78 Å². The van der Waals surface area contributed by atoms with Crippen LogP contribution >= 0.6 is 0 Å². The van der Waals surface area contributed by atoms with E-state index in [9.17, 15) is 32.3 Å². The van der Waals surface area contributed by atoms with Gasteiger partial charge < -0.3 is 20.0 Å². The first-order chi connectivity index (χ1) is 16.6. The molecule has 0 aliphatic heterocycles. The topological polar surface area (TPSA) is 153 Å². The number of ether oxygens (including phenoxy) is 1. The zero-order chi connectivity index (χ0) is 25.5. The first-order valence-electron chi connectivity index (χ1n) is 10.4. The number of fused-ring (bicyclic) bond motifs is 3. The van der Waals surface area contributed by atoms with Gasteiger partial charge >= 0.3 is 5.69 Å². The summed E-state index contributed by atoms with van der Waals surface area (Å²) < 4.78 is 60.3. The van der Waals surface area contributed by atoms with Crippen molar-refractivity contribution in [1.82, 2.24) is 24.0 Å². The van der Waals surface area contributed by atoms with Crippen LogP contribution in [0.15, 0.2) is 40.2 Å². The third kappa shape index (κ3) is 4.36. The summed E-state index contributed by atoms with van der Waals surface area (Å²) in [5, 5.41) is 22.2. The van der Waals surface area contributed by atoms with Gasteiger partial charge in [0.2, 0.25) is 15.9 Å². The summed E-state index contributed by atoms with van der Waals surface area (Å²) in [4.78, 5) is 22.5. The summed E-state index contributed by atoms with van der Waals surface area (Å²) in [6.45, 7) is 1.03. The lowest BCUT2D eigenvalue weighted by molar-refractivity contribution is 0.0809. The van der Waals surface area contributed by atoms with Crippen LogP contribution in [-0.2, 0) is 16.6 Å². The van der Waals surface area contributed by atoms with E-state index in [0.29, 0.717) is 29.5 Å². The highest BCUT2D eigenvalue weighted by atomic mass is 32.2. The molecule has 1 aromatic carbocycles. The predicted molar refractivity (Wildman–Crippen MR) is 121 cm³/mol. The van der Waals surface area contributed by atoms with E-state index >= 15 is 0 Å². The number of hydrogen-bond donors (Lipinski definition) is 2. The molecule has 0 spiro atoms. The van der Waals surface area contributed by atoms with Crippen molar-refractivity contribution in [2.24, 2.45) is 0 Å². The summed E-state index contributed by atoms with van der Waals surface area (Å²) in [7, 11) is -3.50. The van der Waals surface area contributed by atoms with Crippen molar-refractivity contribution < 1.29 is 27.0 Å². The molecule has 35 heavy (non-hydrogen) atoms. The Hall–Kier alpha value is -3.46. The van der Waals surface area contributed by atoms with Crippen molar-refractivity contribution >= 4 is 32.1 Å². The Morgan fingerprint density at radius 3 is 2.60 bits per heavy atom. The quantitative estimate of drug-likeness (QED) is 0.271. The molecule has 0 saturated carbocycles. The predicted octanol–water partition coefficient (Wildman–Crippen LogP) is 2.21. The molecule has 14 heteroatoms. The molecular weight excluding hydrogens is 488 g/mol. The van der Waals surface area contributed by atoms with Crippen molar-refractivity contribution in [3.8, 4) is 5.88 Å². The van der Waals surface area contributed by atoms with Crippen molar-refractivity contribution in [2.45, 2.75) is 37.4 Å². The molecule has 1 atom stereocenters. The fourth-order valence-electron chi connectivity index (χ4n) is 3.64. The maximum atomic E-state index is 14.9. The molecule has 2 N–H and O–H groups in total. The van der Waals surface area contributed by atoms with E-state index in [1.54, 1.807) is 13.0 Å². The number of imidazole rings is 1. The van der Waals surface area contributed by atoms with Crippen LogP contribution in [-0.4, -0.2) is 50.8 Å². The van der Waals surface area contributed by atoms with Crippen LogP contribution in [0.5, 0.6) is 5.88 Å². The molecule has 0 aliphatic carbocycles. The first-order valence-corrected chi connectivity index (χ1v) is 11.8. The number of aromatic nitrogens is 4. The van der Waals surface area contributed by atoms with E-state index in [-0.39, 0.29) is 23.5 Å². The van der Waals surface area contributed by atoms with Crippen LogP contribution in [0.1, 0.15) is 25.3 Å². The zero-order valence-corrected chi connectivity index (χ0v) is 19.3. The van der Waals surface area contributed by atoms with Crippen molar-refractivity contribution in [3.05, 3.63) is 63.4 Å². The van der Waals surface area contributed by atoms with E-state index < -0.39 is 55.0 Å². The van der Waals surface area contributed by atoms with E-state index in [2.05, 4.69) is 15.0 Å². The second kappa shape index (κ2) is 9.30. The monoisotopic (exact) mass is 508 g/mol. The number of aliphatic hydroxyl groups is 1. The number of hydrogen-bond acceptors (Lipinski definition) is 8. The number of aromatic amines is 1. The minimum absolute atomic E-state index is 0.154. The highest BCUT2D eigenvalue weighted by molar-refractivity contribution is 7.89. The summed E-state index contributed by atoms with van der Waals surface area (Å²) in [6.07, 6.45) is -0.397. The Kier molecular flexibility index (Phi) is 6.55. The number of H-pyrrole nitrogens is 1. The van der Waals surface area contributed by atoms with Gasteiger partial charge in [-0.15, -0.1) is 0 Å². The van der Waals surface area contributed by atoms with Gasteiger partial charge in [0.15, 0.2) is 5.65 Å². The van der Waals surface area contributed by atoms with Gasteiger partial charge in [0, 0.05) is 17.0 Å². The number of benzene rings is 1. The summed E-state index contributed by atoms with van der Waals surface area (Å²) >= 11 is 0. The third-order valence-electron chi connectivity index (χ3n) is 5.40. The summed E-state index contributed by atoms with van der Waals surface area (Å²) in [6, 6.07) is 4.08. The minimum Gasteiger partial charge on any atom is -0.770 e. The third-order valence-corrected chi connectivity index (χ3v) is 6.95. The first kappa shape index (κ1) is 24.7. The molecule has 0 amide bonds. The van der Waals surface area contributed by atoms with Gasteiger partial charge in [-0.25, -0.2) is 31.4 Å². The molecule has 0 bridgehead atoms. The Labute approximate surface area is 197 Å². The fourth-order valence-corrected chi connectivity index (χ4v) is 4.78. The second-order valence-corrected chi connectivity index (χ2v) is 9.44. The van der Waals surface area contributed by atoms with Crippen molar-refractivity contribution in [2.75, 3.05) is 7.11 Å². The van der Waals surface area contributed by atoms with Gasteiger partial charge in [0.1, 0.15) is 17.9 Å². The summed E-state index contributed by atoms with van der Waals surface area (Å²) in [5.74, 6) is -2.30. The molecular formula is C21H20F2N5O6S-. The Morgan fingerprint density at radius 2 is 1.97 bits per heavy atom. The molecule has 4 rings (SSSR count). The SMILES string of the molecule is CCCC(O)N([O-])S(=O)(=O)c1cc(F)c(Cn2c(=O)[nH]c3cnc4nc(OC)ccc4c32)c(F)c1. The Balaban J connectivity index is 1.79. The number of nitrogens with one attached hydrogen (secondary N) is 1. The van der Waals surface area contributed by atoms with Crippen molar-refractivity contribution in [3.63, 3.8) is 0 Å². The molecule has 3 aromatic heterocycles. The molecule has 0 fully saturated rings. The van der Waals surface area contributed by atoms with E-state index in [1.807, 2.05) is 0 Å². The van der Waals surface area contributed by atoms with Crippen LogP contribution in [0, 0.1) is 16.8 Å². The molecule has 4 aromatic rings. The van der Waals surface area contributed by atoms with Gasteiger partial charge in [-0.1, -0.05) is 13.3 Å². The lowest BCUT2D eigenvalue weighted by Crippen LogP contribution is -2.35. The highest BCUT2D eigenvalue weighted by Crippen LogP contribution is 2.27. The lowest BCUT2D eigenvalue weighted by Gasteiger charge is -2.32. The molecule has 1 unspecified atom stereocenters. The number of pyridine rings is 2. The average molecular weight is 508 g/mol. The van der Waals surface area contributed by atoms with E-state index in [1.165, 1.54) is 19.4 Å². The minimum atomic E-state index is -4.92. The van der Waals surface area contributed by atoms with Crippen LogP contribution in [0.25, 0.3) is 22.1 Å². The van der Waals surface area contributed by atoms with Crippen LogP contribution in [0.3, 0.4) is 0 Å². The maximum Gasteiger partial charge on any atom is 0.326 e. The van der Waals surface area contributed by atoms with Gasteiger partial charge in [-0.3, -0.25) is 4.57 Å². The molecule has 0 aliphatic rings. The number of halogens is 2. The Morgan fingerprint density at radius 1 is 1.29 bits per heavy atom. The Bertz CT molecular complexity index is 1560. The van der Waals surface area contributed by atoms with Crippen LogP contribution in [0.2, 0.25) is 0 Å². The molecule has 0 radical (unpaired) electrons. The fraction of sp³-hybridized carbons (Fsp3) is 0.286. The van der Waals surface area contributed by atoms with Gasteiger partial charge in [-0.2, -0.15) is 4.98 Å². The van der Waals surface area contributed by atoms with Gasteiger partial charge in [-0.05, 0) is 24.6 Å². The number of aliphatic hydroxyl groups excluding tert-OH is 1. The number of hydroxylamine groups is 1.